The molecule has 13 heavy (non-hydrogen) atoms. The predicted molar refractivity (Wildman–Crippen MR) is 49.0 cm³/mol. The number of carbonyl (C=O) groups excluding carboxylic acids is 2. The lowest BCUT2D eigenvalue weighted by Gasteiger charge is -2.01. The van der Waals surface area contributed by atoms with E-state index in [2.05, 4.69) is 20.9 Å². The fourth-order valence-corrected chi connectivity index (χ4v) is 1.15. The first-order valence-electron chi connectivity index (χ1n) is 3.27. The second kappa shape index (κ2) is 3.53. The van der Waals surface area contributed by atoms with Crippen molar-refractivity contribution in [2.45, 2.75) is 0 Å². The van der Waals surface area contributed by atoms with Crippen LogP contribution in [-0.2, 0) is 0 Å². The number of hydrogen-bond acceptors (Lipinski definition) is 3. The Balaban J connectivity index is 3.35. The van der Waals surface area contributed by atoms with Gasteiger partial charge in [0.15, 0.2) is 0 Å². The van der Waals surface area contributed by atoms with Crippen molar-refractivity contribution in [3.8, 4) is 0 Å². The molecule has 1 aromatic rings. The highest BCUT2D eigenvalue weighted by Gasteiger charge is 2.14. The van der Waals surface area contributed by atoms with Crippen molar-refractivity contribution in [3.05, 3.63) is 28.0 Å². The van der Waals surface area contributed by atoms with Gasteiger partial charge in [-0.05, 0) is 22.0 Å². The molecule has 0 spiro atoms. The molecular weight excluding hydrogens is 238 g/mol. The second-order valence-electron chi connectivity index (χ2n) is 2.28. The third-order valence-electron chi connectivity index (χ3n) is 1.35. The van der Waals surface area contributed by atoms with E-state index in [4.69, 9.17) is 11.5 Å². The van der Waals surface area contributed by atoms with Gasteiger partial charge in [-0.1, -0.05) is 0 Å². The predicted octanol–water partition coefficient (Wildman–Crippen LogP) is 0.0419. The molecule has 6 heteroatoms. The summed E-state index contributed by atoms with van der Waals surface area (Å²) in [6.45, 7) is 0. The van der Waals surface area contributed by atoms with Gasteiger partial charge in [-0.15, -0.1) is 0 Å². The van der Waals surface area contributed by atoms with Gasteiger partial charge in [0.25, 0.3) is 11.8 Å². The summed E-state index contributed by atoms with van der Waals surface area (Å²) in [6, 6.07) is 1.40. The van der Waals surface area contributed by atoms with Crippen LogP contribution in [0.25, 0.3) is 0 Å². The average Bonchev–Trinajstić information content (AvgIpc) is 2.03. The molecule has 4 N–H and O–H groups in total. The molecule has 1 aromatic heterocycles. The largest absolute Gasteiger partial charge is 0.366 e. The van der Waals surface area contributed by atoms with E-state index < -0.39 is 11.8 Å². The maximum Gasteiger partial charge on any atom is 0.268 e. The smallest absolute Gasteiger partial charge is 0.268 e. The van der Waals surface area contributed by atoms with Crippen LogP contribution in [0.5, 0.6) is 0 Å². The van der Waals surface area contributed by atoms with E-state index in [1.165, 1.54) is 12.3 Å². The van der Waals surface area contributed by atoms with Crippen molar-refractivity contribution in [2.24, 2.45) is 11.5 Å². The molecule has 0 aliphatic heterocycles. The van der Waals surface area contributed by atoms with Gasteiger partial charge in [-0.2, -0.15) is 0 Å². The summed E-state index contributed by atoms with van der Waals surface area (Å²) in [4.78, 5) is 25.3. The standard InChI is InChI=1S/C7H6BrN3O2/c8-3-1-4(6(9)12)5(7(10)13)11-2-3/h1-2H,(H2,9,12)(H2,10,13). The van der Waals surface area contributed by atoms with Crippen LogP contribution in [0.3, 0.4) is 0 Å². The number of nitrogens with two attached hydrogens (primary N) is 2. The molecule has 2 amide bonds. The van der Waals surface area contributed by atoms with Crippen LogP contribution in [0, 0.1) is 0 Å². The first-order valence-corrected chi connectivity index (χ1v) is 4.07. The Hall–Kier alpha value is -1.43. The molecule has 0 bridgehead atoms. The maximum atomic E-state index is 10.8. The Morgan fingerprint density at radius 2 is 1.92 bits per heavy atom. The SMILES string of the molecule is NC(=O)c1cc(Br)cnc1C(N)=O. The summed E-state index contributed by atoms with van der Waals surface area (Å²) in [5.41, 5.74) is 9.89. The van der Waals surface area contributed by atoms with Crippen LogP contribution < -0.4 is 11.5 Å². The minimum atomic E-state index is -0.777. The number of amides is 2. The zero-order valence-corrected chi connectivity index (χ0v) is 8.04. The summed E-state index contributed by atoms with van der Waals surface area (Å²) in [5, 5.41) is 0. The number of pyridine rings is 1. The summed E-state index contributed by atoms with van der Waals surface area (Å²) in [6.07, 6.45) is 1.37. The number of primary amides is 2. The molecule has 0 aliphatic rings. The number of halogens is 1. The lowest BCUT2D eigenvalue weighted by molar-refractivity contribution is 0.0963. The molecule has 0 saturated carbocycles. The van der Waals surface area contributed by atoms with Crippen molar-refractivity contribution in [1.29, 1.82) is 0 Å². The summed E-state index contributed by atoms with van der Waals surface area (Å²) < 4.78 is 0.561. The molecule has 0 radical (unpaired) electrons. The minimum Gasteiger partial charge on any atom is -0.366 e. The van der Waals surface area contributed by atoms with Crippen molar-refractivity contribution >= 4 is 27.7 Å². The van der Waals surface area contributed by atoms with Gasteiger partial charge >= 0.3 is 0 Å². The second-order valence-corrected chi connectivity index (χ2v) is 3.19. The molecule has 5 nitrogen and oxygen atoms in total. The van der Waals surface area contributed by atoms with Gasteiger partial charge in [0.1, 0.15) is 5.69 Å². The van der Waals surface area contributed by atoms with Gasteiger partial charge in [0.2, 0.25) is 0 Å². The number of hydrogen-bond donors (Lipinski definition) is 2. The highest BCUT2D eigenvalue weighted by atomic mass is 79.9. The number of carbonyl (C=O) groups is 2. The molecule has 0 fully saturated rings. The molecule has 0 aliphatic carbocycles. The normalized spacial score (nSPS) is 9.62. The van der Waals surface area contributed by atoms with Gasteiger partial charge < -0.3 is 11.5 Å². The Labute approximate surface area is 82.3 Å². The molecule has 0 saturated heterocycles. The molecular formula is C7H6BrN3O2. The first kappa shape index (κ1) is 9.66. The third kappa shape index (κ3) is 2.03. The van der Waals surface area contributed by atoms with Crippen LogP contribution in [0.15, 0.2) is 16.7 Å². The van der Waals surface area contributed by atoms with Gasteiger partial charge in [-0.25, -0.2) is 4.98 Å². The van der Waals surface area contributed by atoms with Crippen molar-refractivity contribution in [2.75, 3.05) is 0 Å². The lowest BCUT2D eigenvalue weighted by Crippen LogP contribution is -2.22. The highest BCUT2D eigenvalue weighted by molar-refractivity contribution is 9.10. The van der Waals surface area contributed by atoms with Crippen molar-refractivity contribution in [1.82, 2.24) is 4.98 Å². The molecule has 0 aromatic carbocycles. The van der Waals surface area contributed by atoms with Crippen molar-refractivity contribution < 1.29 is 9.59 Å². The van der Waals surface area contributed by atoms with E-state index in [-0.39, 0.29) is 11.3 Å². The quantitative estimate of drug-likeness (QED) is 0.768. The van der Waals surface area contributed by atoms with Crippen LogP contribution in [0.4, 0.5) is 0 Å². The van der Waals surface area contributed by atoms with Crippen LogP contribution in [-0.4, -0.2) is 16.8 Å². The summed E-state index contributed by atoms with van der Waals surface area (Å²) in [5.74, 6) is -1.51. The van der Waals surface area contributed by atoms with E-state index in [1.807, 2.05) is 0 Å². The fourth-order valence-electron chi connectivity index (χ4n) is 0.823. The van der Waals surface area contributed by atoms with Crippen molar-refractivity contribution in [3.63, 3.8) is 0 Å². The number of rotatable bonds is 2. The monoisotopic (exact) mass is 243 g/mol. The van der Waals surface area contributed by atoms with E-state index >= 15 is 0 Å². The average molecular weight is 244 g/mol. The van der Waals surface area contributed by atoms with Gasteiger partial charge in [0, 0.05) is 10.7 Å². The van der Waals surface area contributed by atoms with Gasteiger partial charge in [0.05, 0.1) is 5.56 Å². The molecule has 0 unspecified atom stereocenters. The van der Waals surface area contributed by atoms with E-state index in [9.17, 15) is 9.59 Å². The Bertz CT molecular complexity index is 378. The Morgan fingerprint density at radius 3 is 2.38 bits per heavy atom. The number of aromatic nitrogens is 1. The van der Waals surface area contributed by atoms with E-state index in [0.717, 1.165) is 0 Å². The van der Waals surface area contributed by atoms with E-state index in [0.29, 0.717) is 4.47 Å². The first-order chi connectivity index (χ1) is 6.02. The lowest BCUT2D eigenvalue weighted by atomic mass is 10.2. The van der Waals surface area contributed by atoms with Gasteiger partial charge in [-0.3, -0.25) is 9.59 Å². The third-order valence-corrected chi connectivity index (χ3v) is 1.79. The maximum absolute atomic E-state index is 10.8. The molecule has 1 rings (SSSR count). The Kier molecular flexibility index (Phi) is 2.62. The van der Waals surface area contributed by atoms with Crippen LogP contribution >= 0.6 is 15.9 Å². The topological polar surface area (TPSA) is 99.1 Å². The minimum absolute atomic E-state index is 0.0156. The van der Waals surface area contributed by atoms with Crippen LogP contribution in [0.1, 0.15) is 20.8 Å². The highest BCUT2D eigenvalue weighted by Crippen LogP contribution is 2.12. The number of nitrogens with zero attached hydrogens (tertiary/aromatic N) is 1. The van der Waals surface area contributed by atoms with E-state index in [1.54, 1.807) is 0 Å². The Morgan fingerprint density at radius 1 is 1.31 bits per heavy atom. The molecule has 68 valence electrons. The zero-order chi connectivity index (χ0) is 10.0. The van der Waals surface area contributed by atoms with Crippen LogP contribution in [0.2, 0.25) is 0 Å². The summed E-state index contributed by atoms with van der Waals surface area (Å²) in [7, 11) is 0. The molecule has 1 heterocycles. The fraction of sp³-hybridized carbons (Fsp3) is 0. The molecule has 0 atom stereocenters. The summed E-state index contributed by atoms with van der Waals surface area (Å²) >= 11 is 3.09. The zero-order valence-electron chi connectivity index (χ0n) is 6.45.